The summed E-state index contributed by atoms with van der Waals surface area (Å²) >= 11 is 0. The fraction of sp³-hybridized carbons (Fsp3) is 0.762. The number of nitrogens with zero attached hydrogens (tertiary/aromatic N) is 1. The molecule has 0 aliphatic carbocycles. The third-order valence-corrected chi connectivity index (χ3v) is 1.40. The Morgan fingerprint density at radius 2 is 1.00 bits per heavy atom. The average molecular weight is 425 g/mol. The number of rotatable bonds is 2. The third kappa shape index (κ3) is 242. The maximum absolute atomic E-state index is 10.1. The van der Waals surface area contributed by atoms with Crippen LogP contribution in [-0.4, -0.2) is 61.5 Å². The van der Waals surface area contributed by atoms with Gasteiger partial charge in [-0.3, -0.25) is 14.4 Å². The number of carbonyl (C=O) groups is 5. The number of amides is 2. The van der Waals surface area contributed by atoms with E-state index in [1.54, 1.807) is 21.0 Å². The molecule has 0 spiro atoms. The first-order valence-electron chi connectivity index (χ1n) is 9.15. The lowest BCUT2D eigenvalue weighted by atomic mass is 10.6. The summed E-state index contributed by atoms with van der Waals surface area (Å²) in [6, 6.07) is 0. The molecule has 0 radical (unpaired) electrons. The van der Waals surface area contributed by atoms with E-state index >= 15 is 0 Å². The van der Waals surface area contributed by atoms with Crippen LogP contribution in [0.25, 0.3) is 0 Å². The second kappa shape index (κ2) is 40.4. The van der Waals surface area contributed by atoms with E-state index in [1.807, 2.05) is 20.8 Å². The zero-order chi connectivity index (χ0) is 24.3. The van der Waals surface area contributed by atoms with Gasteiger partial charge < -0.3 is 24.5 Å². The number of nitrogens with one attached hydrogen (secondary N) is 1. The van der Waals surface area contributed by atoms with E-state index in [1.165, 1.54) is 53.4 Å². The lowest BCUT2D eigenvalue weighted by Gasteiger charge is -2.02. The van der Waals surface area contributed by atoms with Crippen LogP contribution < -0.4 is 5.32 Å². The van der Waals surface area contributed by atoms with Crippen LogP contribution in [0, 0.1) is 0 Å². The molecule has 0 unspecified atom stereocenters. The minimum absolute atomic E-state index is 0. The van der Waals surface area contributed by atoms with Gasteiger partial charge in [0.15, 0.2) is 0 Å². The molecule has 1 N–H and O–H groups in total. The van der Waals surface area contributed by atoms with Crippen LogP contribution in [0.4, 0.5) is 0 Å². The van der Waals surface area contributed by atoms with Crippen molar-refractivity contribution in [1.82, 2.24) is 10.2 Å². The molecule has 0 aliphatic rings. The standard InChI is InChI=1S/2C4H9NO.C4H8O2.2C3H6O.C2H6.CH4/c1-4(6)5(2)3;1-3-5-4(2)6;1-3-6-4(2)5;2*1-3(2)4;1-2;/h1-3H3;3H2,1-2H3,(H,5,6);3H2,1-2H3;2*1-2H3;1-2H3;1H4. The van der Waals surface area contributed by atoms with Crippen LogP contribution in [-0.2, 0) is 28.7 Å². The number of hydrogen-bond donors (Lipinski definition) is 1. The maximum Gasteiger partial charge on any atom is 0.302 e. The summed E-state index contributed by atoms with van der Waals surface area (Å²) < 4.78 is 4.40. The first-order chi connectivity index (χ1) is 12.6. The molecule has 0 atom stereocenters. The van der Waals surface area contributed by atoms with Crippen molar-refractivity contribution >= 4 is 29.4 Å². The molecule has 0 bridgehead atoms. The minimum Gasteiger partial charge on any atom is -0.466 e. The molecule has 0 heterocycles. The number of hydrogen-bond acceptors (Lipinski definition) is 6. The van der Waals surface area contributed by atoms with Gasteiger partial charge >= 0.3 is 5.97 Å². The van der Waals surface area contributed by atoms with Gasteiger partial charge in [-0.05, 0) is 41.5 Å². The van der Waals surface area contributed by atoms with Gasteiger partial charge in [-0.25, -0.2) is 0 Å². The van der Waals surface area contributed by atoms with Gasteiger partial charge in [0.25, 0.3) is 0 Å². The SMILES string of the molecule is C.CC.CC(=O)N(C)C.CC(C)=O.CC(C)=O.CCNC(C)=O.CCOC(C)=O. The van der Waals surface area contributed by atoms with Crippen molar-refractivity contribution in [2.45, 2.75) is 83.6 Å². The van der Waals surface area contributed by atoms with Crippen LogP contribution >= 0.6 is 0 Å². The van der Waals surface area contributed by atoms with Crippen LogP contribution in [0.2, 0.25) is 0 Å². The second-order valence-corrected chi connectivity index (χ2v) is 5.24. The number of esters is 1. The highest BCUT2D eigenvalue weighted by molar-refractivity contribution is 5.73. The van der Waals surface area contributed by atoms with E-state index in [4.69, 9.17) is 0 Å². The second-order valence-electron chi connectivity index (χ2n) is 5.24. The number of carbonyl (C=O) groups excluding carboxylic acids is 5. The molecule has 0 rings (SSSR count). The van der Waals surface area contributed by atoms with Crippen molar-refractivity contribution in [3.63, 3.8) is 0 Å². The fourth-order valence-corrected chi connectivity index (χ4v) is 0.452. The predicted octanol–water partition coefficient (Wildman–Crippen LogP) is 3.66. The molecule has 178 valence electrons. The Labute approximate surface area is 179 Å². The first kappa shape index (κ1) is 45.5. The molecule has 0 aromatic heterocycles. The molecule has 8 nitrogen and oxygen atoms in total. The van der Waals surface area contributed by atoms with Crippen molar-refractivity contribution in [3.8, 4) is 0 Å². The molecule has 0 aromatic rings. The highest BCUT2D eigenvalue weighted by Gasteiger charge is 1.87. The van der Waals surface area contributed by atoms with Crippen molar-refractivity contribution in [2.75, 3.05) is 27.2 Å². The maximum atomic E-state index is 10.1. The van der Waals surface area contributed by atoms with Gasteiger partial charge in [-0.2, -0.15) is 0 Å². The Hall–Kier alpha value is -2.25. The zero-order valence-electron chi connectivity index (χ0n) is 20.3. The normalized spacial score (nSPS) is 6.79. The molecule has 0 saturated carbocycles. The van der Waals surface area contributed by atoms with E-state index < -0.39 is 0 Å². The molecule has 0 saturated heterocycles. The van der Waals surface area contributed by atoms with Crippen molar-refractivity contribution in [1.29, 1.82) is 0 Å². The summed E-state index contributed by atoms with van der Waals surface area (Å²) in [7, 11) is 3.45. The van der Waals surface area contributed by atoms with Gasteiger partial charge in [-0.15, -0.1) is 0 Å². The summed E-state index contributed by atoms with van der Waals surface area (Å²) in [5.74, 6) is 0.255. The molecular formula is C21H48N2O6. The summed E-state index contributed by atoms with van der Waals surface area (Å²) in [5.41, 5.74) is 0. The average Bonchev–Trinajstić information content (AvgIpc) is 2.48. The lowest BCUT2D eigenvalue weighted by Crippen LogP contribution is -2.18. The largest absolute Gasteiger partial charge is 0.466 e. The van der Waals surface area contributed by atoms with Gasteiger partial charge in [0, 0.05) is 41.4 Å². The van der Waals surface area contributed by atoms with E-state index in [0.717, 1.165) is 6.54 Å². The highest BCUT2D eigenvalue weighted by atomic mass is 16.5. The molecule has 8 heteroatoms. The van der Waals surface area contributed by atoms with Gasteiger partial charge in [0.2, 0.25) is 11.8 Å². The number of Topliss-reactive ketones (excluding diaryl/α,β-unsaturated/α-hetero) is 2. The number of ketones is 2. The van der Waals surface area contributed by atoms with Gasteiger partial charge in [0.1, 0.15) is 11.6 Å². The topological polar surface area (TPSA) is 110 Å². The Morgan fingerprint density at radius 3 is 1.00 bits per heavy atom. The molecule has 2 amide bonds. The fourth-order valence-electron chi connectivity index (χ4n) is 0.452. The van der Waals surface area contributed by atoms with Crippen molar-refractivity contribution in [2.24, 2.45) is 0 Å². The van der Waals surface area contributed by atoms with E-state index in [2.05, 4.69) is 10.1 Å². The Morgan fingerprint density at radius 1 is 0.759 bits per heavy atom. The van der Waals surface area contributed by atoms with Crippen LogP contribution in [0.5, 0.6) is 0 Å². The van der Waals surface area contributed by atoms with Crippen LogP contribution in [0.3, 0.4) is 0 Å². The smallest absolute Gasteiger partial charge is 0.302 e. The predicted molar refractivity (Wildman–Crippen MR) is 122 cm³/mol. The molecular weight excluding hydrogens is 376 g/mol. The monoisotopic (exact) mass is 424 g/mol. The van der Waals surface area contributed by atoms with Crippen molar-refractivity contribution < 1.29 is 28.7 Å². The quantitative estimate of drug-likeness (QED) is 0.677. The van der Waals surface area contributed by atoms with Gasteiger partial charge in [-0.1, -0.05) is 21.3 Å². The molecule has 29 heavy (non-hydrogen) atoms. The van der Waals surface area contributed by atoms with E-state index in [-0.39, 0.29) is 36.8 Å². The van der Waals surface area contributed by atoms with E-state index in [0.29, 0.717) is 6.61 Å². The number of ether oxygens (including phenoxy) is 1. The molecule has 0 fully saturated rings. The Kier molecular flexibility index (Phi) is 63.4. The Balaban J connectivity index is -0.0000000409. The highest BCUT2D eigenvalue weighted by Crippen LogP contribution is 1.70. The first-order valence-corrected chi connectivity index (χ1v) is 9.15. The van der Waals surface area contributed by atoms with Crippen molar-refractivity contribution in [3.05, 3.63) is 0 Å². The minimum atomic E-state index is -0.211. The third-order valence-electron chi connectivity index (χ3n) is 1.40. The Bertz CT molecular complexity index is 359. The van der Waals surface area contributed by atoms with Gasteiger partial charge in [0.05, 0.1) is 6.61 Å². The molecule has 0 aromatic carbocycles. The summed E-state index contributed by atoms with van der Waals surface area (Å²) in [4.78, 5) is 50.2. The lowest BCUT2D eigenvalue weighted by molar-refractivity contribution is -0.140. The van der Waals surface area contributed by atoms with Crippen LogP contribution in [0.15, 0.2) is 0 Å². The van der Waals surface area contributed by atoms with E-state index in [9.17, 15) is 24.0 Å². The summed E-state index contributed by atoms with van der Waals surface area (Å²) in [5, 5.41) is 2.57. The summed E-state index contributed by atoms with van der Waals surface area (Å²) in [6.07, 6.45) is 0. The summed E-state index contributed by atoms with van der Waals surface area (Å²) in [6.45, 7) is 19.4. The zero-order valence-corrected chi connectivity index (χ0v) is 20.3. The molecule has 0 aliphatic heterocycles. The van der Waals surface area contributed by atoms with Crippen LogP contribution in [0.1, 0.15) is 83.6 Å².